The van der Waals surface area contributed by atoms with E-state index in [0.717, 1.165) is 6.07 Å². The molecule has 0 fully saturated rings. The molecule has 1 atom stereocenters. The van der Waals surface area contributed by atoms with Crippen LogP contribution in [0.15, 0.2) is 12.1 Å². The molecule has 0 radical (unpaired) electrons. The highest BCUT2D eigenvalue weighted by Gasteiger charge is 2.37. The van der Waals surface area contributed by atoms with Crippen LogP contribution in [-0.2, 0) is 6.18 Å². The topological polar surface area (TPSA) is 20.2 Å². The highest BCUT2D eigenvalue weighted by molar-refractivity contribution is 5.30. The molecule has 1 unspecified atom stereocenters. The monoisotopic (exact) mass is 268 g/mol. The summed E-state index contributed by atoms with van der Waals surface area (Å²) in [5.74, 6) is -3.64. The average Bonchev–Trinajstić information content (AvgIpc) is 2.17. The molecule has 18 heavy (non-hydrogen) atoms. The Morgan fingerprint density at radius 1 is 1.00 bits per heavy atom. The molecule has 0 saturated carbocycles. The highest BCUT2D eigenvalue weighted by Crippen LogP contribution is 2.38. The second-order valence-electron chi connectivity index (χ2n) is 5.10. The zero-order valence-electron chi connectivity index (χ0n) is 10.1. The van der Waals surface area contributed by atoms with Crippen molar-refractivity contribution in [2.45, 2.75) is 33.1 Å². The first-order valence-corrected chi connectivity index (χ1v) is 5.19. The predicted octanol–water partition coefficient (Wildman–Crippen LogP) is 4.06. The van der Waals surface area contributed by atoms with Crippen LogP contribution in [0.25, 0.3) is 0 Å². The summed E-state index contributed by atoms with van der Waals surface area (Å²) in [7, 11) is 0. The van der Waals surface area contributed by atoms with E-state index in [0.29, 0.717) is 6.07 Å². The van der Waals surface area contributed by atoms with E-state index < -0.39 is 40.5 Å². The molecule has 6 heteroatoms. The Kier molecular flexibility index (Phi) is 3.72. The zero-order valence-corrected chi connectivity index (χ0v) is 10.1. The van der Waals surface area contributed by atoms with Crippen molar-refractivity contribution in [3.05, 3.63) is 34.9 Å². The van der Waals surface area contributed by atoms with Crippen LogP contribution in [0.1, 0.15) is 38.0 Å². The first-order chi connectivity index (χ1) is 7.96. The normalized spacial score (nSPS) is 14.7. The average molecular weight is 268 g/mol. The molecule has 0 spiro atoms. The maximum Gasteiger partial charge on any atom is 0.419 e. The van der Waals surface area contributed by atoms with E-state index in [1.165, 1.54) is 0 Å². The lowest BCUT2D eigenvalue weighted by atomic mass is 9.84. The largest absolute Gasteiger partial charge is 0.419 e. The van der Waals surface area contributed by atoms with Gasteiger partial charge in [-0.15, -0.1) is 0 Å². The molecule has 1 N–H and O–H groups in total. The molecule has 1 nitrogen and oxygen atoms in total. The number of rotatable bonds is 1. The predicted molar refractivity (Wildman–Crippen MR) is 55.8 cm³/mol. The summed E-state index contributed by atoms with van der Waals surface area (Å²) in [4.78, 5) is 0. The summed E-state index contributed by atoms with van der Waals surface area (Å²) in [6.45, 7) is 4.69. The highest BCUT2D eigenvalue weighted by atomic mass is 19.4. The van der Waals surface area contributed by atoms with Crippen molar-refractivity contribution in [3.63, 3.8) is 0 Å². The Labute approximate surface area is 101 Å². The van der Waals surface area contributed by atoms with Gasteiger partial charge >= 0.3 is 6.18 Å². The smallest absolute Gasteiger partial charge is 0.388 e. The summed E-state index contributed by atoms with van der Waals surface area (Å²) >= 11 is 0. The molecule has 0 aromatic heterocycles. The Morgan fingerprint density at radius 2 is 1.50 bits per heavy atom. The molecule has 0 aliphatic carbocycles. The van der Waals surface area contributed by atoms with Crippen LogP contribution in [0.4, 0.5) is 22.0 Å². The zero-order chi connectivity index (χ0) is 14.3. The van der Waals surface area contributed by atoms with Crippen LogP contribution in [0.5, 0.6) is 0 Å². The fourth-order valence-corrected chi connectivity index (χ4v) is 1.46. The molecule has 0 amide bonds. The van der Waals surface area contributed by atoms with Crippen LogP contribution >= 0.6 is 0 Å². The first-order valence-electron chi connectivity index (χ1n) is 5.19. The van der Waals surface area contributed by atoms with Crippen LogP contribution in [0.3, 0.4) is 0 Å². The molecule has 0 bridgehead atoms. The molecule has 1 aromatic rings. The summed E-state index contributed by atoms with van der Waals surface area (Å²) in [5, 5.41) is 9.77. The molecule has 0 aliphatic rings. The van der Waals surface area contributed by atoms with Gasteiger partial charge in [0.1, 0.15) is 0 Å². The fraction of sp³-hybridized carbons (Fsp3) is 0.500. The lowest BCUT2D eigenvalue weighted by Gasteiger charge is -2.26. The summed E-state index contributed by atoms with van der Waals surface area (Å²) < 4.78 is 63.8. The van der Waals surface area contributed by atoms with E-state index in [2.05, 4.69) is 0 Å². The van der Waals surface area contributed by atoms with Gasteiger partial charge in [0.2, 0.25) is 0 Å². The van der Waals surface area contributed by atoms with Gasteiger partial charge in [0.25, 0.3) is 0 Å². The van der Waals surface area contributed by atoms with Crippen molar-refractivity contribution >= 4 is 0 Å². The van der Waals surface area contributed by atoms with Crippen molar-refractivity contribution < 1.29 is 27.1 Å². The Bertz CT molecular complexity index is 445. The third-order valence-corrected chi connectivity index (χ3v) is 2.53. The Hall–Kier alpha value is -1.17. The third-order valence-electron chi connectivity index (χ3n) is 2.53. The first kappa shape index (κ1) is 14.9. The molecule has 0 saturated heterocycles. The molecule has 0 aliphatic heterocycles. The van der Waals surface area contributed by atoms with Gasteiger partial charge in [-0.25, -0.2) is 8.78 Å². The van der Waals surface area contributed by atoms with Crippen molar-refractivity contribution in [3.8, 4) is 0 Å². The number of hydrogen-bond acceptors (Lipinski definition) is 1. The van der Waals surface area contributed by atoms with Gasteiger partial charge in [0, 0.05) is 5.56 Å². The van der Waals surface area contributed by atoms with E-state index in [4.69, 9.17) is 0 Å². The summed E-state index contributed by atoms with van der Waals surface area (Å²) in [6, 6.07) is 1.19. The second-order valence-corrected chi connectivity index (χ2v) is 5.10. The maximum absolute atomic E-state index is 13.5. The van der Waals surface area contributed by atoms with Crippen LogP contribution in [0.2, 0.25) is 0 Å². The lowest BCUT2D eigenvalue weighted by Crippen LogP contribution is -2.20. The third kappa shape index (κ3) is 2.80. The standard InChI is InChI=1S/C12H13F5O/c1-11(2,3)10(18)6-4-5-7(12(15,16)17)9(14)8(6)13/h4-5,10,18H,1-3H3. The minimum absolute atomic E-state index is 0.433. The van der Waals surface area contributed by atoms with Crippen molar-refractivity contribution in [1.29, 1.82) is 0 Å². The lowest BCUT2D eigenvalue weighted by molar-refractivity contribution is -0.140. The molecule has 1 aromatic carbocycles. The molecular weight excluding hydrogens is 255 g/mol. The molecule has 0 heterocycles. The van der Waals surface area contributed by atoms with Crippen LogP contribution in [0, 0.1) is 17.0 Å². The maximum atomic E-state index is 13.5. The molecular formula is C12H13F5O. The fourth-order valence-electron chi connectivity index (χ4n) is 1.46. The van der Waals surface area contributed by atoms with Crippen LogP contribution < -0.4 is 0 Å². The number of hydrogen-bond donors (Lipinski definition) is 1. The Morgan fingerprint density at radius 3 is 1.89 bits per heavy atom. The van der Waals surface area contributed by atoms with E-state index in [1.807, 2.05) is 0 Å². The summed E-state index contributed by atoms with van der Waals surface area (Å²) in [5.41, 5.74) is -2.97. The number of aliphatic hydroxyl groups is 1. The molecule has 1 rings (SSSR count). The number of benzene rings is 1. The van der Waals surface area contributed by atoms with Gasteiger partial charge in [-0.2, -0.15) is 13.2 Å². The van der Waals surface area contributed by atoms with Crippen LogP contribution in [-0.4, -0.2) is 5.11 Å². The Balaban J connectivity index is 3.34. The number of alkyl halides is 3. The van der Waals surface area contributed by atoms with Gasteiger partial charge in [-0.1, -0.05) is 26.8 Å². The number of aliphatic hydroxyl groups excluding tert-OH is 1. The summed E-state index contributed by atoms with van der Waals surface area (Å²) in [6.07, 6.45) is -6.36. The quantitative estimate of drug-likeness (QED) is 0.761. The van der Waals surface area contributed by atoms with E-state index in [9.17, 15) is 27.1 Å². The molecule has 102 valence electrons. The van der Waals surface area contributed by atoms with Crippen molar-refractivity contribution in [2.24, 2.45) is 5.41 Å². The van der Waals surface area contributed by atoms with Gasteiger partial charge in [0.15, 0.2) is 11.6 Å². The van der Waals surface area contributed by atoms with E-state index >= 15 is 0 Å². The second kappa shape index (κ2) is 4.50. The minimum atomic E-state index is -4.96. The minimum Gasteiger partial charge on any atom is -0.388 e. The van der Waals surface area contributed by atoms with Gasteiger partial charge in [0.05, 0.1) is 11.7 Å². The van der Waals surface area contributed by atoms with Crippen molar-refractivity contribution in [2.75, 3.05) is 0 Å². The number of halogens is 5. The SMILES string of the molecule is CC(C)(C)C(O)c1ccc(C(F)(F)F)c(F)c1F. The van der Waals surface area contributed by atoms with Gasteiger partial charge in [-0.05, 0) is 11.5 Å². The van der Waals surface area contributed by atoms with Gasteiger partial charge in [-0.3, -0.25) is 0 Å². The van der Waals surface area contributed by atoms with Crippen molar-refractivity contribution in [1.82, 2.24) is 0 Å². The van der Waals surface area contributed by atoms with Gasteiger partial charge < -0.3 is 5.11 Å². The van der Waals surface area contributed by atoms with E-state index in [-0.39, 0.29) is 0 Å². The van der Waals surface area contributed by atoms with E-state index in [1.54, 1.807) is 20.8 Å².